The lowest BCUT2D eigenvalue weighted by atomic mass is 10.2. The molecule has 1 aliphatic carbocycles. The van der Waals surface area contributed by atoms with Crippen molar-refractivity contribution in [2.45, 2.75) is 24.0 Å². The van der Waals surface area contributed by atoms with Crippen LogP contribution >= 0.6 is 23.1 Å². The van der Waals surface area contributed by atoms with Crippen molar-refractivity contribution in [3.8, 4) is 16.5 Å². The summed E-state index contributed by atoms with van der Waals surface area (Å²) in [6.07, 6.45) is 2.36. The Bertz CT molecular complexity index is 920. The van der Waals surface area contributed by atoms with E-state index in [2.05, 4.69) is 26.2 Å². The Hall–Kier alpha value is -2.32. The molecule has 1 saturated carbocycles. The smallest absolute Gasteiger partial charge is 0.337 e. The van der Waals surface area contributed by atoms with Crippen molar-refractivity contribution in [3.63, 3.8) is 0 Å². The average Bonchev–Trinajstić information content (AvgIpc) is 3.22. The monoisotopic (exact) mass is 401 g/mol. The van der Waals surface area contributed by atoms with Gasteiger partial charge < -0.3 is 9.47 Å². The van der Waals surface area contributed by atoms with Gasteiger partial charge >= 0.3 is 5.97 Å². The Labute approximate surface area is 165 Å². The summed E-state index contributed by atoms with van der Waals surface area (Å²) < 4.78 is 12.8. The van der Waals surface area contributed by atoms with Crippen molar-refractivity contribution < 1.29 is 14.3 Å². The van der Waals surface area contributed by atoms with E-state index in [0.717, 1.165) is 21.6 Å². The second kappa shape index (κ2) is 8.14. The van der Waals surface area contributed by atoms with Gasteiger partial charge in [-0.05, 0) is 42.5 Å². The number of benzene rings is 1. The van der Waals surface area contributed by atoms with Crippen molar-refractivity contribution in [2.24, 2.45) is 0 Å². The maximum atomic E-state index is 11.6. The largest absolute Gasteiger partial charge is 0.493 e. The lowest BCUT2D eigenvalue weighted by molar-refractivity contribution is 0.0600. The fourth-order valence-electron chi connectivity index (χ4n) is 2.73. The third-order valence-corrected chi connectivity index (χ3v) is 5.93. The molecule has 0 radical (unpaired) electrons. The van der Waals surface area contributed by atoms with Crippen LogP contribution in [0.3, 0.4) is 0 Å². The second-order valence-electron chi connectivity index (χ2n) is 6.10. The van der Waals surface area contributed by atoms with Gasteiger partial charge in [0, 0.05) is 11.8 Å². The molecular formula is C19H19N3O3S2. The fraction of sp³-hybridized carbons (Fsp3) is 0.316. The molecule has 6 nitrogen and oxygen atoms in total. The van der Waals surface area contributed by atoms with Crippen LogP contribution in [0, 0.1) is 0 Å². The molecule has 2 heterocycles. The number of ether oxygens (including phenoxy) is 2. The predicted octanol–water partition coefficient (Wildman–Crippen LogP) is 4.30. The first-order valence-electron chi connectivity index (χ1n) is 8.69. The van der Waals surface area contributed by atoms with Gasteiger partial charge in [-0.3, -0.25) is 4.57 Å². The van der Waals surface area contributed by atoms with Gasteiger partial charge in [0.15, 0.2) is 11.0 Å². The number of carbonyl (C=O) groups is 1. The molecular weight excluding hydrogens is 382 g/mol. The van der Waals surface area contributed by atoms with Gasteiger partial charge in [0.2, 0.25) is 0 Å². The third kappa shape index (κ3) is 4.17. The first-order valence-corrected chi connectivity index (χ1v) is 10.6. The maximum absolute atomic E-state index is 11.6. The predicted molar refractivity (Wildman–Crippen MR) is 106 cm³/mol. The summed E-state index contributed by atoms with van der Waals surface area (Å²) in [6.45, 7) is 0.515. The molecule has 0 atom stereocenters. The molecule has 0 unspecified atom stereocenters. The minimum atomic E-state index is -0.367. The van der Waals surface area contributed by atoms with Crippen LogP contribution in [0.2, 0.25) is 0 Å². The van der Waals surface area contributed by atoms with E-state index >= 15 is 0 Å². The van der Waals surface area contributed by atoms with Gasteiger partial charge in [-0.2, -0.15) is 0 Å². The van der Waals surface area contributed by atoms with Crippen molar-refractivity contribution in [1.29, 1.82) is 0 Å². The molecule has 140 valence electrons. The van der Waals surface area contributed by atoms with E-state index in [1.165, 1.54) is 20.0 Å². The highest BCUT2D eigenvalue weighted by Crippen LogP contribution is 2.41. The van der Waals surface area contributed by atoms with Crippen LogP contribution < -0.4 is 4.74 Å². The summed E-state index contributed by atoms with van der Waals surface area (Å²) in [7, 11) is 1.37. The number of hydrogen-bond acceptors (Lipinski definition) is 7. The van der Waals surface area contributed by atoms with E-state index in [9.17, 15) is 4.79 Å². The molecule has 0 N–H and O–H groups in total. The molecule has 1 fully saturated rings. The summed E-state index contributed by atoms with van der Waals surface area (Å²) in [5, 5.41) is 11.8. The number of thioether (sulfide) groups is 1. The van der Waals surface area contributed by atoms with E-state index in [0.29, 0.717) is 24.0 Å². The SMILES string of the molecule is COC(=O)c1cccc(OCCSc2nnc(-c3cccs3)n2C2CC2)c1. The maximum Gasteiger partial charge on any atom is 0.337 e. The molecule has 0 bridgehead atoms. The Morgan fingerprint density at radius 3 is 2.93 bits per heavy atom. The summed E-state index contributed by atoms with van der Waals surface area (Å²) in [4.78, 5) is 12.7. The van der Waals surface area contributed by atoms with Gasteiger partial charge in [0.05, 0.1) is 24.2 Å². The Morgan fingerprint density at radius 2 is 2.19 bits per heavy atom. The highest BCUT2D eigenvalue weighted by Gasteiger charge is 2.30. The number of esters is 1. The molecule has 1 aliphatic rings. The average molecular weight is 402 g/mol. The Morgan fingerprint density at radius 1 is 1.30 bits per heavy atom. The van der Waals surface area contributed by atoms with Crippen LogP contribution in [0.25, 0.3) is 10.7 Å². The van der Waals surface area contributed by atoms with Gasteiger partial charge in [-0.15, -0.1) is 21.5 Å². The fourth-order valence-corrected chi connectivity index (χ4v) is 4.26. The topological polar surface area (TPSA) is 66.2 Å². The number of aromatic nitrogens is 3. The van der Waals surface area contributed by atoms with E-state index in [1.807, 2.05) is 12.1 Å². The molecule has 4 rings (SSSR count). The summed E-state index contributed by atoms with van der Waals surface area (Å²) in [5.74, 6) is 1.99. The number of methoxy groups -OCH3 is 1. The molecule has 8 heteroatoms. The number of rotatable bonds is 8. The van der Waals surface area contributed by atoms with Crippen LogP contribution in [0.15, 0.2) is 46.9 Å². The van der Waals surface area contributed by atoms with Crippen molar-refractivity contribution in [2.75, 3.05) is 19.5 Å². The number of hydrogen-bond donors (Lipinski definition) is 0. The molecule has 27 heavy (non-hydrogen) atoms. The van der Waals surface area contributed by atoms with Crippen molar-refractivity contribution in [1.82, 2.24) is 14.8 Å². The van der Waals surface area contributed by atoms with E-state index < -0.39 is 0 Å². The van der Waals surface area contributed by atoms with Gasteiger partial charge in [0.25, 0.3) is 0 Å². The zero-order valence-electron chi connectivity index (χ0n) is 14.8. The van der Waals surface area contributed by atoms with Crippen LogP contribution in [-0.4, -0.2) is 40.2 Å². The van der Waals surface area contributed by atoms with Crippen molar-refractivity contribution >= 4 is 29.1 Å². The molecule has 1 aromatic carbocycles. The van der Waals surface area contributed by atoms with Crippen LogP contribution in [0.1, 0.15) is 29.2 Å². The number of thiophene rings is 1. The van der Waals surface area contributed by atoms with E-state index in [4.69, 9.17) is 9.47 Å². The Balaban J connectivity index is 1.37. The quantitative estimate of drug-likeness (QED) is 0.319. The van der Waals surface area contributed by atoms with Gasteiger partial charge in [-0.1, -0.05) is 23.9 Å². The summed E-state index contributed by atoms with van der Waals surface area (Å²) in [5.41, 5.74) is 0.483. The number of nitrogens with zero attached hydrogens (tertiary/aromatic N) is 3. The standard InChI is InChI=1S/C19H19N3O3S2/c1-24-18(23)13-4-2-5-15(12-13)25-9-11-27-19-21-20-17(16-6-3-10-26-16)22(19)14-7-8-14/h2-6,10,12,14H,7-9,11H2,1H3. The number of carbonyl (C=O) groups excluding carboxylic acids is 1. The second-order valence-corrected chi connectivity index (χ2v) is 8.11. The highest BCUT2D eigenvalue weighted by atomic mass is 32.2. The lowest BCUT2D eigenvalue weighted by Gasteiger charge is -2.09. The minimum absolute atomic E-state index is 0.367. The molecule has 0 amide bonds. The van der Waals surface area contributed by atoms with E-state index in [-0.39, 0.29) is 5.97 Å². The molecule has 0 saturated heterocycles. The molecule has 0 spiro atoms. The molecule has 0 aliphatic heterocycles. The molecule has 3 aromatic rings. The molecule has 2 aromatic heterocycles. The summed E-state index contributed by atoms with van der Waals surface area (Å²) >= 11 is 3.33. The van der Waals surface area contributed by atoms with Crippen LogP contribution in [-0.2, 0) is 4.74 Å². The lowest BCUT2D eigenvalue weighted by Crippen LogP contribution is -2.05. The van der Waals surface area contributed by atoms with Crippen LogP contribution in [0.5, 0.6) is 5.75 Å². The third-order valence-electron chi connectivity index (χ3n) is 4.16. The summed E-state index contributed by atoms with van der Waals surface area (Å²) in [6, 6.07) is 11.6. The van der Waals surface area contributed by atoms with Gasteiger partial charge in [0.1, 0.15) is 5.75 Å². The minimum Gasteiger partial charge on any atom is -0.493 e. The first kappa shape index (κ1) is 18.1. The first-order chi connectivity index (χ1) is 13.3. The van der Waals surface area contributed by atoms with E-state index in [1.54, 1.807) is 41.3 Å². The van der Waals surface area contributed by atoms with Crippen molar-refractivity contribution in [3.05, 3.63) is 47.3 Å². The highest BCUT2D eigenvalue weighted by molar-refractivity contribution is 7.99. The van der Waals surface area contributed by atoms with Gasteiger partial charge in [-0.25, -0.2) is 4.79 Å². The normalized spacial score (nSPS) is 13.5. The zero-order chi connectivity index (χ0) is 18.6. The van der Waals surface area contributed by atoms with Crippen LogP contribution in [0.4, 0.5) is 0 Å². The zero-order valence-corrected chi connectivity index (χ0v) is 16.5. The Kier molecular flexibility index (Phi) is 5.45.